The lowest BCUT2D eigenvalue weighted by molar-refractivity contribution is 0.535. The summed E-state index contributed by atoms with van der Waals surface area (Å²) in [6.45, 7) is 8.61. The highest BCUT2D eigenvalue weighted by Crippen LogP contribution is 2.17. The van der Waals surface area contributed by atoms with E-state index in [1.807, 2.05) is 27.7 Å². The van der Waals surface area contributed by atoms with Gasteiger partial charge in [0.2, 0.25) is 5.95 Å². The SMILES string of the molecule is CCC(C)=NNc1nc2c(c(=O)[nH]c(=O)n2C)n1CC(C)C. The van der Waals surface area contributed by atoms with Gasteiger partial charge in [0.1, 0.15) is 0 Å². The molecular formula is C14H22N6O2. The summed E-state index contributed by atoms with van der Waals surface area (Å²) >= 11 is 0. The van der Waals surface area contributed by atoms with Crippen molar-refractivity contribution in [3.8, 4) is 0 Å². The summed E-state index contributed by atoms with van der Waals surface area (Å²) in [5.74, 6) is 0.772. The van der Waals surface area contributed by atoms with Crippen molar-refractivity contribution in [2.45, 2.75) is 40.7 Å². The number of nitrogens with zero attached hydrogens (tertiary/aromatic N) is 4. The molecule has 0 aromatic carbocycles. The molecule has 2 aromatic heterocycles. The van der Waals surface area contributed by atoms with Gasteiger partial charge in [-0.2, -0.15) is 10.1 Å². The number of aromatic nitrogens is 4. The molecule has 0 radical (unpaired) electrons. The van der Waals surface area contributed by atoms with Gasteiger partial charge in [0.05, 0.1) is 0 Å². The van der Waals surface area contributed by atoms with Crippen molar-refractivity contribution in [3.63, 3.8) is 0 Å². The number of hydrogen-bond donors (Lipinski definition) is 2. The van der Waals surface area contributed by atoms with Crippen LogP contribution in [0.4, 0.5) is 5.95 Å². The molecule has 0 aliphatic heterocycles. The van der Waals surface area contributed by atoms with Gasteiger partial charge in [-0.1, -0.05) is 20.8 Å². The van der Waals surface area contributed by atoms with Crippen LogP contribution in [0, 0.1) is 5.92 Å². The van der Waals surface area contributed by atoms with E-state index in [-0.39, 0.29) is 0 Å². The van der Waals surface area contributed by atoms with Crippen LogP contribution in [0.2, 0.25) is 0 Å². The van der Waals surface area contributed by atoms with E-state index in [0.29, 0.717) is 29.6 Å². The van der Waals surface area contributed by atoms with Gasteiger partial charge in [0.15, 0.2) is 11.2 Å². The second kappa shape index (κ2) is 6.17. The number of nitrogens with one attached hydrogen (secondary N) is 2. The van der Waals surface area contributed by atoms with Gasteiger partial charge >= 0.3 is 5.69 Å². The number of hydrogen-bond acceptors (Lipinski definition) is 5. The Bertz CT molecular complexity index is 824. The zero-order valence-corrected chi connectivity index (χ0v) is 13.6. The molecular weight excluding hydrogens is 284 g/mol. The van der Waals surface area contributed by atoms with E-state index in [2.05, 4.69) is 20.5 Å². The minimum absolute atomic E-state index is 0.311. The number of hydrazone groups is 1. The van der Waals surface area contributed by atoms with Crippen molar-refractivity contribution >= 4 is 22.8 Å². The Morgan fingerprint density at radius 1 is 1.41 bits per heavy atom. The van der Waals surface area contributed by atoms with Gasteiger partial charge in [0, 0.05) is 19.3 Å². The molecule has 120 valence electrons. The molecule has 0 saturated heterocycles. The van der Waals surface area contributed by atoms with Crippen LogP contribution in [-0.4, -0.2) is 24.8 Å². The molecule has 0 aliphatic rings. The van der Waals surface area contributed by atoms with Gasteiger partial charge in [-0.3, -0.25) is 14.3 Å². The monoisotopic (exact) mass is 306 g/mol. The third kappa shape index (κ3) is 2.95. The summed E-state index contributed by atoms with van der Waals surface area (Å²) < 4.78 is 3.10. The van der Waals surface area contributed by atoms with Crippen LogP contribution in [-0.2, 0) is 13.6 Å². The van der Waals surface area contributed by atoms with E-state index in [1.165, 1.54) is 4.57 Å². The van der Waals surface area contributed by atoms with E-state index in [0.717, 1.165) is 12.1 Å². The summed E-state index contributed by atoms with van der Waals surface area (Å²) in [7, 11) is 1.58. The van der Waals surface area contributed by atoms with E-state index >= 15 is 0 Å². The maximum atomic E-state index is 12.2. The Morgan fingerprint density at radius 2 is 2.09 bits per heavy atom. The first-order valence-corrected chi connectivity index (χ1v) is 7.33. The molecule has 8 nitrogen and oxygen atoms in total. The summed E-state index contributed by atoms with van der Waals surface area (Å²) in [6.07, 6.45) is 0.816. The number of rotatable bonds is 5. The quantitative estimate of drug-likeness (QED) is 0.642. The van der Waals surface area contributed by atoms with Crippen molar-refractivity contribution in [3.05, 3.63) is 20.8 Å². The van der Waals surface area contributed by atoms with Crippen molar-refractivity contribution in [1.29, 1.82) is 0 Å². The highest BCUT2D eigenvalue weighted by molar-refractivity contribution is 5.82. The van der Waals surface area contributed by atoms with Crippen LogP contribution in [0.5, 0.6) is 0 Å². The standard InChI is InChI=1S/C14H22N6O2/c1-6-9(4)17-18-13-15-11-10(20(13)7-8(2)3)12(21)16-14(22)19(11)5/h8H,6-7H2,1-5H3,(H,15,18)(H,16,21,22). The highest BCUT2D eigenvalue weighted by Gasteiger charge is 2.17. The second-order valence-electron chi connectivity index (χ2n) is 5.74. The van der Waals surface area contributed by atoms with Crippen LogP contribution < -0.4 is 16.7 Å². The van der Waals surface area contributed by atoms with E-state index < -0.39 is 11.2 Å². The molecule has 2 rings (SSSR count). The fourth-order valence-corrected chi connectivity index (χ4v) is 2.09. The summed E-state index contributed by atoms with van der Waals surface area (Å²) in [5.41, 5.74) is 3.64. The lowest BCUT2D eigenvalue weighted by Gasteiger charge is -2.10. The topological polar surface area (TPSA) is 97.1 Å². The summed E-state index contributed by atoms with van der Waals surface area (Å²) in [4.78, 5) is 30.6. The van der Waals surface area contributed by atoms with Gasteiger partial charge < -0.3 is 4.57 Å². The molecule has 2 N–H and O–H groups in total. The molecule has 0 spiro atoms. The van der Waals surface area contributed by atoms with Crippen molar-refractivity contribution in [2.24, 2.45) is 18.1 Å². The third-order valence-corrected chi connectivity index (χ3v) is 3.41. The predicted molar refractivity (Wildman–Crippen MR) is 87.5 cm³/mol. The number of imidazole rings is 1. The zero-order chi connectivity index (χ0) is 16.4. The van der Waals surface area contributed by atoms with Gasteiger partial charge in [-0.05, 0) is 19.3 Å². The number of fused-ring (bicyclic) bond motifs is 1. The Kier molecular flexibility index (Phi) is 4.48. The molecule has 2 aromatic rings. The smallest absolute Gasteiger partial charge is 0.303 e. The average Bonchev–Trinajstić information content (AvgIpc) is 2.80. The van der Waals surface area contributed by atoms with Crippen LogP contribution in [0.15, 0.2) is 14.7 Å². The number of aromatic amines is 1. The van der Waals surface area contributed by atoms with Gasteiger partial charge in [-0.15, -0.1) is 0 Å². The first-order valence-electron chi connectivity index (χ1n) is 7.33. The highest BCUT2D eigenvalue weighted by atomic mass is 16.2. The van der Waals surface area contributed by atoms with Gasteiger partial charge in [-0.25, -0.2) is 10.2 Å². The number of aryl methyl sites for hydroxylation is 1. The minimum atomic E-state index is -0.480. The minimum Gasteiger partial charge on any atom is -0.303 e. The zero-order valence-electron chi connectivity index (χ0n) is 13.6. The molecule has 0 bridgehead atoms. The Morgan fingerprint density at radius 3 is 2.68 bits per heavy atom. The maximum absolute atomic E-state index is 12.2. The third-order valence-electron chi connectivity index (χ3n) is 3.41. The fraction of sp³-hybridized carbons (Fsp3) is 0.571. The van der Waals surface area contributed by atoms with E-state index in [4.69, 9.17) is 0 Å². The lowest BCUT2D eigenvalue weighted by atomic mass is 10.2. The molecule has 8 heteroatoms. The number of anilines is 1. The average molecular weight is 306 g/mol. The van der Waals surface area contributed by atoms with Crippen LogP contribution in [0.25, 0.3) is 11.2 Å². The van der Waals surface area contributed by atoms with Crippen LogP contribution in [0.3, 0.4) is 0 Å². The fourth-order valence-electron chi connectivity index (χ4n) is 2.09. The Labute approximate surface area is 127 Å². The molecule has 0 amide bonds. The van der Waals surface area contributed by atoms with E-state index in [9.17, 15) is 9.59 Å². The van der Waals surface area contributed by atoms with Crippen molar-refractivity contribution in [1.82, 2.24) is 19.1 Å². The molecule has 0 saturated carbocycles. The molecule has 0 atom stereocenters. The molecule has 2 heterocycles. The van der Waals surface area contributed by atoms with E-state index in [1.54, 1.807) is 11.6 Å². The Hall–Kier alpha value is -2.38. The summed E-state index contributed by atoms with van der Waals surface area (Å²) in [6, 6.07) is 0. The number of H-pyrrole nitrogens is 1. The predicted octanol–water partition coefficient (Wildman–Crippen LogP) is 1.28. The second-order valence-corrected chi connectivity index (χ2v) is 5.74. The molecule has 0 aliphatic carbocycles. The first kappa shape index (κ1) is 16.0. The lowest BCUT2D eigenvalue weighted by Crippen LogP contribution is -2.29. The van der Waals surface area contributed by atoms with Crippen LogP contribution >= 0.6 is 0 Å². The van der Waals surface area contributed by atoms with Gasteiger partial charge in [0.25, 0.3) is 5.56 Å². The molecule has 0 unspecified atom stereocenters. The van der Waals surface area contributed by atoms with Crippen LogP contribution in [0.1, 0.15) is 34.1 Å². The molecule has 0 fully saturated rings. The summed E-state index contributed by atoms with van der Waals surface area (Å²) in [5, 5.41) is 4.24. The van der Waals surface area contributed by atoms with Crippen molar-refractivity contribution < 1.29 is 0 Å². The molecule has 22 heavy (non-hydrogen) atoms. The maximum Gasteiger partial charge on any atom is 0.329 e. The largest absolute Gasteiger partial charge is 0.329 e. The first-order chi connectivity index (χ1) is 10.3. The Balaban J connectivity index is 2.69. The normalized spacial score (nSPS) is 12.4. The van der Waals surface area contributed by atoms with Crippen molar-refractivity contribution in [2.75, 3.05) is 5.43 Å².